The van der Waals surface area contributed by atoms with E-state index in [-0.39, 0.29) is 0 Å². The van der Waals surface area contributed by atoms with Gasteiger partial charge in [-0.3, -0.25) is 0 Å². The average molecular weight is 427 g/mol. The van der Waals surface area contributed by atoms with Gasteiger partial charge in [-0.2, -0.15) is 4.31 Å². The number of anilines is 1. The Balaban J connectivity index is 1.72. The van der Waals surface area contributed by atoms with Crippen LogP contribution in [-0.4, -0.2) is 38.9 Å². The van der Waals surface area contributed by atoms with E-state index in [9.17, 15) is 8.42 Å². The Morgan fingerprint density at radius 2 is 1.63 bits per heavy atom. The van der Waals surface area contributed by atoms with Gasteiger partial charge in [0.15, 0.2) is 0 Å². The van der Waals surface area contributed by atoms with Gasteiger partial charge in [-0.05, 0) is 48.2 Å². The van der Waals surface area contributed by atoms with Crippen LogP contribution in [0.1, 0.15) is 31.7 Å². The number of rotatable bonds is 5. The molecule has 0 saturated carbocycles. The van der Waals surface area contributed by atoms with E-state index < -0.39 is 10.0 Å². The van der Waals surface area contributed by atoms with Crippen molar-refractivity contribution in [2.45, 2.75) is 31.1 Å². The molecule has 2 aromatic carbocycles. The second-order valence-electron chi connectivity index (χ2n) is 6.87. The summed E-state index contributed by atoms with van der Waals surface area (Å²) in [6, 6.07) is 12.6. The molecule has 0 radical (unpaired) electrons. The van der Waals surface area contributed by atoms with Gasteiger partial charge in [0, 0.05) is 31.2 Å². The Morgan fingerprint density at radius 3 is 2.22 bits per heavy atom. The lowest BCUT2D eigenvalue weighted by Gasteiger charge is -2.35. The van der Waals surface area contributed by atoms with Crippen molar-refractivity contribution in [1.29, 1.82) is 0 Å². The second kappa shape index (κ2) is 8.39. The quantitative estimate of drug-likeness (QED) is 0.673. The Bertz CT molecular complexity index is 893. The molecule has 1 aliphatic heterocycles. The van der Waals surface area contributed by atoms with Crippen molar-refractivity contribution in [1.82, 2.24) is 4.31 Å². The molecule has 0 unspecified atom stereocenters. The predicted molar refractivity (Wildman–Crippen MR) is 113 cm³/mol. The van der Waals surface area contributed by atoms with Crippen molar-refractivity contribution >= 4 is 38.9 Å². The molecule has 1 heterocycles. The molecule has 1 fully saturated rings. The molecule has 7 heteroatoms. The Hall–Kier alpha value is -1.27. The van der Waals surface area contributed by atoms with Crippen molar-refractivity contribution < 1.29 is 8.42 Å². The fourth-order valence-corrected chi connectivity index (χ4v) is 5.08. The van der Waals surface area contributed by atoms with Gasteiger partial charge in [0.2, 0.25) is 10.0 Å². The number of benzene rings is 2. The fourth-order valence-electron chi connectivity index (χ4n) is 3.25. The average Bonchev–Trinajstić information content (AvgIpc) is 2.69. The summed E-state index contributed by atoms with van der Waals surface area (Å²) in [5, 5.41) is 1.24. The highest BCUT2D eigenvalue weighted by atomic mass is 35.5. The predicted octanol–water partition coefficient (Wildman–Crippen LogP) is 5.02. The van der Waals surface area contributed by atoms with Crippen LogP contribution in [0.15, 0.2) is 47.4 Å². The smallest absolute Gasteiger partial charge is 0.243 e. The first-order chi connectivity index (χ1) is 12.8. The number of nitrogens with zero attached hydrogens (tertiary/aromatic N) is 2. The minimum atomic E-state index is -3.49. The van der Waals surface area contributed by atoms with Crippen LogP contribution >= 0.6 is 23.2 Å². The fraction of sp³-hybridized carbons (Fsp3) is 0.400. The zero-order valence-electron chi connectivity index (χ0n) is 15.5. The van der Waals surface area contributed by atoms with Gasteiger partial charge in [0.1, 0.15) is 0 Å². The lowest BCUT2D eigenvalue weighted by Crippen LogP contribution is -2.48. The standard InChI is InChI=1S/C20H24Cl2N2O2S/c1-3-15(2)16-4-7-18(8-5-16)27(25,26)24-12-10-23(11-13-24)20-14-17(21)6-9-19(20)22/h4-9,14-15H,3,10-13H2,1-2H3/t15-/m0/s1. The molecule has 4 nitrogen and oxygen atoms in total. The molecule has 2 aromatic rings. The van der Waals surface area contributed by atoms with Crippen molar-refractivity contribution in [3.63, 3.8) is 0 Å². The molecular weight excluding hydrogens is 403 g/mol. The first-order valence-electron chi connectivity index (χ1n) is 9.13. The van der Waals surface area contributed by atoms with Gasteiger partial charge in [0.05, 0.1) is 15.6 Å². The van der Waals surface area contributed by atoms with Gasteiger partial charge in [-0.25, -0.2) is 8.42 Å². The summed E-state index contributed by atoms with van der Waals surface area (Å²) in [7, 11) is -3.49. The van der Waals surface area contributed by atoms with Crippen LogP contribution in [0.5, 0.6) is 0 Å². The molecule has 27 heavy (non-hydrogen) atoms. The largest absolute Gasteiger partial charge is 0.368 e. The van der Waals surface area contributed by atoms with Crippen LogP contribution < -0.4 is 4.90 Å². The number of halogens is 2. The summed E-state index contributed by atoms with van der Waals surface area (Å²) in [4.78, 5) is 2.43. The molecule has 0 aliphatic carbocycles. The van der Waals surface area contributed by atoms with Gasteiger partial charge in [0.25, 0.3) is 0 Å². The lowest BCUT2D eigenvalue weighted by atomic mass is 9.99. The van der Waals surface area contributed by atoms with Gasteiger partial charge < -0.3 is 4.90 Å². The lowest BCUT2D eigenvalue weighted by molar-refractivity contribution is 0.385. The summed E-state index contributed by atoms with van der Waals surface area (Å²) < 4.78 is 27.5. The molecule has 0 N–H and O–H groups in total. The summed E-state index contributed by atoms with van der Waals surface area (Å²) in [5.74, 6) is 0.424. The molecule has 3 rings (SSSR count). The van der Waals surface area contributed by atoms with Crippen LogP contribution in [0.3, 0.4) is 0 Å². The van der Waals surface area contributed by atoms with Crippen molar-refractivity contribution in [3.05, 3.63) is 58.1 Å². The number of piperazine rings is 1. The summed E-state index contributed by atoms with van der Waals surface area (Å²) in [6.45, 7) is 6.25. The van der Waals surface area contributed by atoms with Crippen molar-refractivity contribution in [2.24, 2.45) is 0 Å². The summed E-state index contributed by atoms with van der Waals surface area (Å²) >= 11 is 12.3. The maximum atomic E-state index is 13.0. The maximum Gasteiger partial charge on any atom is 0.243 e. The molecule has 146 valence electrons. The Labute approximate surface area is 171 Å². The van der Waals surface area contributed by atoms with Crippen LogP contribution in [0.4, 0.5) is 5.69 Å². The van der Waals surface area contributed by atoms with Crippen LogP contribution in [0, 0.1) is 0 Å². The summed E-state index contributed by atoms with van der Waals surface area (Å²) in [5.41, 5.74) is 2.01. The summed E-state index contributed by atoms with van der Waals surface area (Å²) in [6.07, 6.45) is 1.03. The first kappa shape index (κ1) is 20.5. The van der Waals surface area contributed by atoms with Crippen molar-refractivity contribution in [3.8, 4) is 0 Å². The zero-order valence-corrected chi connectivity index (χ0v) is 17.9. The number of hydrogen-bond acceptors (Lipinski definition) is 3. The van der Waals surface area contributed by atoms with E-state index in [1.165, 1.54) is 0 Å². The van der Waals surface area contributed by atoms with E-state index in [1.807, 2.05) is 18.2 Å². The molecule has 0 amide bonds. The van der Waals surface area contributed by atoms with E-state index in [0.717, 1.165) is 17.7 Å². The monoisotopic (exact) mass is 426 g/mol. The molecular formula is C20H24Cl2N2O2S. The molecule has 1 atom stereocenters. The molecule has 1 saturated heterocycles. The van der Waals surface area contributed by atoms with Crippen LogP contribution in [0.2, 0.25) is 10.0 Å². The second-order valence-corrected chi connectivity index (χ2v) is 9.65. The van der Waals surface area contributed by atoms with Gasteiger partial charge in [-0.1, -0.05) is 49.2 Å². The minimum Gasteiger partial charge on any atom is -0.368 e. The SMILES string of the molecule is CC[C@H](C)c1ccc(S(=O)(=O)N2CCN(c3cc(Cl)ccc3Cl)CC2)cc1. The molecule has 0 aromatic heterocycles. The molecule has 0 spiro atoms. The highest BCUT2D eigenvalue weighted by Crippen LogP contribution is 2.30. The highest BCUT2D eigenvalue weighted by molar-refractivity contribution is 7.89. The highest BCUT2D eigenvalue weighted by Gasteiger charge is 2.29. The third kappa shape index (κ3) is 4.43. The third-order valence-corrected chi connectivity index (χ3v) is 7.65. The third-order valence-electron chi connectivity index (χ3n) is 5.19. The van der Waals surface area contributed by atoms with Crippen molar-refractivity contribution in [2.75, 3.05) is 31.1 Å². The maximum absolute atomic E-state index is 13.0. The molecule has 1 aliphatic rings. The molecule has 0 bridgehead atoms. The van der Waals surface area contributed by atoms with Gasteiger partial charge in [-0.15, -0.1) is 0 Å². The van der Waals surface area contributed by atoms with Crippen LogP contribution in [0.25, 0.3) is 0 Å². The topological polar surface area (TPSA) is 40.6 Å². The minimum absolute atomic E-state index is 0.351. The van der Waals surface area contributed by atoms with E-state index in [4.69, 9.17) is 23.2 Å². The van der Waals surface area contributed by atoms with E-state index in [1.54, 1.807) is 28.6 Å². The first-order valence-corrected chi connectivity index (χ1v) is 11.3. The van der Waals surface area contributed by atoms with E-state index in [0.29, 0.717) is 47.0 Å². The number of hydrogen-bond donors (Lipinski definition) is 0. The van der Waals surface area contributed by atoms with E-state index >= 15 is 0 Å². The zero-order chi connectivity index (χ0) is 19.6. The van der Waals surface area contributed by atoms with Gasteiger partial charge >= 0.3 is 0 Å². The Morgan fingerprint density at radius 1 is 1.00 bits per heavy atom. The van der Waals surface area contributed by atoms with E-state index in [2.05, 4.69) is 18.7 Å². The normalized spacial score (nSPS) is 17.1. The number of sulfonamides is 1. The Kier molecular flexibility index (Phi) is 6.36. The van der Waals surface area contributed by atoms with Crippen LogP contribution in [-0.2, 0) is 10.0 Å².